The maximum Gasteiger partial charge on any atom is 0.290 e. The molecule has 0 aliphatic rings. The van der Waals surface area contributed by atoms with Crippen molar-refractivity contribution >= 4 is 26.9 Å². The molecule has 0 amide bonds. The van der Waals surface area contributed by atoms with Crippen molar-refractivity contribution in [2.24, 2.45) is 0 Å². The van der Waals surface area contributed by atoms with Crippen molar-refractivity contribution in [3.05, 3.63) is 34.6 Å². The van der Waals surface area contributed by atoms with Crippen LogP contribution in [0.4, 0.5) is 0 Å². The number of aromatic nitrogens is 1. The molecular weight excluding hydrogens is 282 g/mol. The van der Waals surface area contributed by atoms with E-state index >= 15 is 0 Å². The van der Waals surface area contributed by atoms with Crippen molar-refractivity contribution in [1.29, 1.82) is 0 Å². The Balaban J connectivity index is 1.99. The molecular formula is C13H16BrNO2. The minimum atomic E-state index is -0.0129. The van der Waals surface area contributed by atoms with Gasteiger partial charge in [0.1, 0.15) is 0 Å². The van der Waals surface area contributed by atoms with Crippen molar-refractivity contribution in [3.63, 3.8) is 0 Å². The zero-order chi connectivity index (χ0) is 12.1. The maximum absolute atomic E-state index is 11.9. The number of nitrogens with zero attached hydrogens (tertiary/aromatic N) is 1. The second kappa shape index (κ2) is 6.05. The number of hydrogen-bond acceptors (Lipinski definition) is 2. The summed E-state index contributed by atoms with van der Waals surface area (Å²) in [5.74, 6) is 0. The van der Waals surface area contributed by atoms with Gasteiger partial charge in [-0.15, -0.1) is 0 Å². The van der Waals surface area contributed by atoms with Crippen LogP contribution in [0.25, 0.3) is 11.0 Å². The van der Waals surface area contributed by atoms with Crippen LogP contribution in [0.1, 0.15) is 25.7 Å². The molecule has 3 nitrogen and oxygen atoms in total. The average molecular weight is 298 g/mol. The van der Waals surface area contributed by atoms with Crippen LogP contribution in [-0.2, 0) is 6.54 Å². The minimum absolute atomic E-state index is 0.0129. The van der Waals surface area contributed by atoms with E-state index in [2.05, 4.69) is 15.9 Å². The molecule has 0 aliphatic heterocycles. The van der Waals surface area contributed by atoms with Crippen molar-refractivity contribution in [2.75, 3.05) is 5.33 Å². The third kappa shape index (κ3) is 3.00. The molecule has 1 aromatic carbocycles. The summed E-state index contributed by atoms with van der Waals surface area (Å²) in [4.78, 5) is 11.9. The molecule has 0 fully saturated rings. The summed E-state index contributed by atoms with van der Waals surface area (Å²) >= 11 is 3.41. The molecule has 1 aromatic heterocycles. The Morgan fingerprint density at radius 3 is 2.65 bits per heavy atom. The Kier molecular flexibility index (Phi) is 4.42. The van der Waals surface area contributed by atoms with Gasteiger partial charge < -0.3 is 4.52 Å². The predicted octanol–water partition coefficient (Wildman–Crippen LogP) is 3.55. The first kappa shape index (κ1) is 12.4. The number of unbranched alkanes of at least 4 members (excludes halogenated alkanes) is 3. The van der Waals surface area contributed by atoms with E-state index in [-0.39, 0.29) is 5.56 Å². The summed E-state index contributed by atoms with van der Waals surface area (Å²) in [5.41, 5.74) is 0.666. The number of fused-ring (bicyclic) bond motifs is 1. The Morgan fingerprint density at radius 1 is 1.12 bits per heavy atom. The van der Waals surface area contributed by atoms with Crippen LogP contribution in [0, 0.1) is 0 Å². The summed E-state index contributed by atoms with van der Waals surface area (Å²) < 4.78 is 6.97. The third-order valence-corrected chi connectivity index (χ3v) is 3.36. The van der Waals surface area contributed by atoms with Gasteiger partial charge in [-0.05, 0) is 25.0 Å². The molecule has 1 heterocycles. The zero-order valence-electron chi connectivity index (χ0n) is 9.69. The highest BCUT2D eigenvalue weighted by Gasteiger charge is 2.07. The highest BCUT2D eigenvalue weighted by Crippen LogP contribution is 2.10. The summed E-state index contributed by atoms with van der Waals surface area (Å²) in [6, 6.07) is 7.38. The van der Waals surface area contributed by atoms with Gasteiger partial charge in [-0.3, -0.25) is 4.79 Å². The maximum atomic E-state index is 11.9. The fraction of sp³-hybridized carbons (Fsp3) is 0.462. The summed E-state index contributed by atoms with van der Waals surface area (Å²) in [5, 5.41) is 1.73. The molecule has 92 valence electrons. The van der Waals surface area contributed by atoms with Crippen molar-refractivity contribution < 1.29 is 4.52 Å². The highest BCUT2D eigenvalue weighted by molar-refractivity contribution is 9.09. The lowest BCUT2D eigenvalue weighted by Crippen LogP contribution is -2.14. The second-order valence-corrected chi connectivity index (χ2v) is 4.89. The predicted molar refractivity (Wildman–Crippen MR) is 72.7 cm³/mol. The van der Waals surface area contributed by atoms with Crippen LogP contribution in [0.5, 0.6) is 0 Å². The number of benzene rings is 1. The lowest BCUT2D eigenvalue weighted by molar-refractivity contribution is 0.274. The quantitative estimate of drug-likeness (QED) is 0.604. The van der Waals surface area contributed by atoms with E-state index in [1.165, 1.54) is 17.6 Å². The molecule has 0 bridgehead atoms. The van der Waals surface area contributed by atoms with Crippen LogP contribution in [0.3, 0.4) is 0 Å². The van der Waals surface area contributed by atoms with E-state index in [9.17, 15) is 4.79 Å². The molecule has 0 unspecified atom stereocenters. The van der Waals surface area contributed by atoms with E-state index in [4.69, 9.17) is 4.52 Å². The number of para-hydroxylation sites is 1. The van der Waals surface area contributed by atoms with E-state index < -0.39 is 0 Å². The van der Waals surface area contributed by atoms with Crippen molar-refractivity contribution in [1.82, 2.24) is 4.74 Å². The van der Waals surface area contributed by atoms with Crippen LogP contribution in [0.15, 0.2) is 33.6 Å². The smallest absolute Gasteiger partial charge is 0.290 e. The third-order valence-electron chi connectivity index (χ3n) is 2.80. The zero-order valence-corrected chi connectivity index (χ0v) is 11.3. The van der Waals surface area contributed by atoms with Crippen LogP contribution in [-0.4, -0.2) is 10.1 Å². The van der Waals surface area contributed by atoms with Crippen molar-refractivity contribution in [2.45, 2.75) is 32.2 Å². The Hall–Kier alpha value is -1.03. The summed E-state index contributed by atoms with van der Waals surface area (Å²) in [6.45, 7) is 0.676. The van der Waals surface area contributed by atoms with Gasteiger partial charge in [0.25, 0.3) is 5.56 Å². The Bertz CT molecular complexity index is 529. The molecule has 2 aromatic rings. The van der Waals surface area contributed by atoms with Gasteiger partial charge in [0.2, 0.25) is 0 Å². The van der Waals surface area contributed by atoms with Gasteiger partial charge in [-0.1, -0.05) is 40.9 Å². The summed E-state index contributed by atoms with van der Waals surface area (Å²) in [7, 11) is 0. The first-order chi connectivity index (χ1) is 8.33. The monoisotopic (exact) mass is 297 g/mol. The van der Waals surface area contributed by atoms with E-state index in [1.807, 2.05) is 24.3 Å². The largest absolute Gasteiger partial charge is 0.376 e. The molecule has 2 rings (SSSR count). The SMILES string of the molecule is O=c1c2ccccc2on1CCCCCCBr. The van der Waals surface area contributed by atoms with E-state index in [0.29, 0.717) is 17.5 Å². The number of halogens is 1. The molecule has 0 atom stereocenters. The van der Waals surface area contributed by atoms with Gasteiger partial charge in [-0.2, -0.15) is 4.74 Å². The fourth-order valence-corrected chi connectivity index (χ4v) is 2.26. The van der Waals surface area contributed by atoms with Crippen LogP contribution in [0.2, 0.25) is 0 Å². The fourth-order valence-electron chi connectivity index (χ4n) is 1.87. The summed E-state index contributed by atoms with van der Waals surface area (Å²) in [6.07, 6.45) is 4.51. The topological polar surface area (TPSA) is 35.1 Å². The highest BCUT2D eigenvalue weighted by atomic mass is 79.9. The molecule has 0 saturated heterocycles. The van der Waals surface area contributed by atoms with E-state index in [0.717, 1.165) is 18.2 Å². The number of aryl methyl sites for hydroxylation is 1. The normalized spacial score (nSPS) is 11.1. The standard InChI is InChI=1S/C13H16BrNO2/c14-9-5-1-2-6-10-15-13(16)11-7-3-4-8-12(11)17-15/h3-4,7-8H,1-2,5-6,9-10H2. The van der Waals surface area contributed by atoms with Crippen molar-refractivity contribution in [3.8, 4) is 0 Å². The van der Waals surface area contributed by atoms with Gasteiger partial charge in [0.05, 0.1) is 11.9 Å². The molecule has 0 aliphatic carbocycles. The Labute approximate surface area is 109 Å². The molecule has 0 spiro atoms. The number of rotatable bonds is 6. The minimum Gasteiger partial charge on any atom is -0.376 e. The van der Waals surface area contributed by atoms with Gasteiger partial charge in [-0.25, -0.2) is 0 Å². The Morgan fingerprint density at radius 2 is 1.88 bits per heavy atom. The van der Waals surface area contributed by atoms with E-state index in [1.54, 1.807) is 0 Å². The molecule has 0 N–H and O–H groups in total. The van der Waals surface area contributed by atoms with Crippen LogP contribution < -0.4 is 5.56 Å². The van der Waals surface area contributed by atoms with Gasteiger partial charge >= 0.3 is 0 Å². The molecule has 0 saturated carbocycles. The van der Waals surface area contributed by atoms with Gasteiger partial charge in [0, 0.05) is 5.33 Å². The molecule has 4 heteroatoms. The van der Waals surface area contributed by atoms with Crippen LogP contribution >= 0.6 is 15.9 Å². The molecule has 17 heavy (non-hydrogen) atoms. The second-order valence-electron chi connectivity index (χ2n) is 4.10. The lowest BCUT2D eigenvalue weighted by atomic mass is 10.2. The molecule has 0 radical (unpaired) electrons. The first-order valence-electron chi connectivity index (χ1n) is 5.98. The lowest BCUT2D eigenvalue weighted by Gasteiger charge is -1.99. The number of alkyl halides is 1. The first-order valence-corrected chi connectivity index (χ1v) is 7.10. The van der Waals surface area contributed by atoms with Gasteiger partial charge in [0.15, 0.2) is 5.58 Å². The average Bonchev–Trinajstić information content (AvgIpc) is 2.67. The number of hydrogen-bond donors (Lipinski definition) is 0.